The molecule has 4 aromatic carbocycles. The van der Waals surface area contributed by atoms with Crippen LogP contribution in [0, 0.1) is 0 Å². The van der Waals surface area contributed by atoms with E-state index in [0.29, 0.717) is 17.2 Å². The van der Waals surface area contributed by atoms with E-state index in [1.807, 2.05) is 60.7 Å². The Morgan fingerprint density at radius 2 is 1.39 bits per heavy atom. The van der Waals surface area contributed by atoms with Gasteiger partial charge in [-0.1, -0.05) is 84.4 Å². The maximum atomic E-state index is 12.9. The molecule has 4 nitrogen and oxygen atoms in total. The summed E-state index contributed by atoms with van der Waals surface area (Å²) >= 11 is 6.08. The zero-order valence-electron chi connectivity index (χ0n) is 17.8. The molecule has 0 spiro atoms. The molecule has 4 aromatic rings. The molecule has 164 valence electrons. The number of nitrogens with zero attached hydrogens (tertiary/aromatic N) is 1. The molecule has 0 aliphatic carbocycles. The van der Waals surface area contributed by atoms with E-state index in [1.54, 1.807) is 17.2 Å². The summed E-state index contributed by atoms with van der Waals surface area (Å²) in [5, 5.41) is 2.42. The number of anilines is 1. The number of ether oxygens (including phenoxy) is 1. The average molecular weight is 456 g/mol. The lowest BCUT2D eigenvalue weighted by molar-refractivity contribution is -0.145. The summed E-state index contributed by atoms with van der Waals surface area (Å²) in [5.41, 5.74) is 4.17. The van der Waals surface area contributed by atoms with Gasteiger partial charge in [0, 0.05) is 11.4 Å². The molecule has 0 radical (unpaired) electrons. The van der Waals surface area contributed by atoms with E-state index in [-0.39, 0.29) is 6.04 Å². The van der Waals surface area contributed by atoms with Gasteiger partial charge in [0.05, 0.1) is 11.7 Å². The first-order valence-corrected chi connectivity index (χ1v) is 11.2. The van der Waals surface area contributed by atoms with E-state index in [2.05, 4.69) is 36.4 Å². The highest BCUT2D eigenvalue weighted by molar-refractivity contribution is 6.30. The number of benzene rings is 4. The fourth-order valence-corrected chi connectivity index (χ4v) is 4.12. The molecule has 1 aliphatic heterocycles. The smallest absolute Gasteiger partial charge is 0.343 e. The Bertz CT molecular complexity index is 1210. The molecule has 5 rings (SSSR count). The second kappa shape index (κ2) is 9.49. The van der Waals surface area contributed by atoms with Crippen LogP contribution in [0.5, 0.6) is 5.75 Å². The summed E-state index contributed by atoms with van der Waals surface area (Å²) in [5.74, 6) is 0.0865. The van der Waals surface area contributed by atoms with Crippen molar-refractivity contribution in [2.75, 3.05) is 5.06 Å². The normalized spacial score (nSPS) is 17.7. The van der Waals surface area contributed by atoms with Crippen LogP contribution in [0.25, 0.3) is 11.1 Å². The van der Waals surface area contributed by atoms with Crippen LogP contribution < -0.4 is 9.80 Å². The summed E-state index contributed by atoms with van der Waals surface area (Å²) in [6.07, 6.45) is -0.251. The van der Waals surface area contributed by atoms with Gasteiger partial charge in [0.15, 0.2) is 6.10 Å². The van der Waals surface area contributed by atoms with Crippen molar-refractivity contribution in [3.63, 3.8) is 0 Å². The lowest BCUT2D eigenvalue weighted by atomic mass is 9.97. The summed E-state index contributed by atoms with van der Waals surface area (Å²) in [6.45, 7) is 0. The lowest BCUT2D eigenvalue weighted by Crippen LogP contribution is -2.28. The Balaban J connectivity index is 1.41. The van der Waals surface area contributed by atoms with Crippen LogP contribution in [0.3, 0.4) is 0 Å². The van der Waals surface area contributed by atoms with Gasteiger partial charge in [0.25, 0.3) is 0 Å². The van der Waals surface area contributed by atoms with E-state index in [4.69, 9.17) is 21.2 Å². The van der Waals surface area contributed by atoms with Gasteiger partial charge in [-0.15, -0.1) is 0 Å². The number of hydrogen-bond donors (Lipinski definition) is 0. The lowest BCUT2D eigenvalue weighted by Gasteiger charge is -2.25. The topological polar surface area (TPSA) is 38.8 Å². The molecule has 1 fully saturated rings. The molecule has 0 aromatic heterocycles. The summed E-state index contributed by atoms with van der Waals surface area (Å²) in [7, 11) is 0. The molecule has 2 atom stereocenters. The van der Waals surface area contributed by atoms with Crippen molar-refractivity contribution in [3.8, 4) is 16.9 Å². The minimum atomic E-state index is -0.723. The van der Waals surface area contributed by atoms with Crippen LogP contribution in [-0.2, 0) is 9.63 Å². The summed E-state index contributed by atoms with van der Waals surface area (Å²) < 4.78 is 5.55. The van der Waals surface area contributed by atoms with E-state index in [0.717, 1.165) is 22.4 Å². The second-order valence-corrected chi connectivity index (χ2v) is 8.31. The predicted molar refractivity (Wildman–Crippen MR) is 130 cm³/mol. The van der Waals surface area contributed by atoms with E-state index < -0.39 is 12.1 Å². The SMILES string of the molecule is O=C(Oc1ccccc1)C1CC(c2ccc(-c3ccccc3)cc2)N(c2ccc(Cl)cc2)O1. The van der Waals surface area contributed by atoms with Crippen molar-refractivity contribution in [1.82, 2.24) is 0 Å². The van der Waals surface area contributed by atoms with Crippen molar-refractivity contribution in [3.05, 3.63) is 120 Å². The van der Waals surface area contributed by atoms with Crippen molar-refractivity contribution in [2.45, 2.75) is 18.6 Å². The molecule has 1 aliphatic rings. The monoisotopic (exact) mass is 455 g/mol. The maximum Gasteiger partial charge on any atom is 0.343 e. The van der Waals surface area contributed by atoms with Crippen molar-refractivity contribution >= 4 is 23.3 Å². The zero-order chi connectivity index (χ0) is 22.6. The first kappa shape index (κ1) is 21.3. The molecule has 1 saturated heterocycles. The molecular weight excluding hydrogens is 434 g/mol. The van der Waals surface area contributed by atoms with E-state index in [9.17, 15) is 4.79 Å². The second-order valence-electron chi connectivity index (χ2n) is 7.87. The van der Waals surface area contributed by atoms with E-state index in [1.165, 1.54) is 0 Å². The highest BCUT2D eigenvalue weighted by Crippen LogP contribution is 2.39. The van der Waals surface area contributed by atoms with Gasteiger partial charge in [-0.2, -0.15) is 0 Å². The molecule has 1 heterocycles. The number of esters is 1. The Morgan fingerprint density at radius 3 is 2.06 bits per heavy atom. The number of carbonyl (C=O) groups excluding carboxylic acids is 1. The fraction of sp³-hybridized carbons (Fsp3) is 0.107. The fourth-order valence-electron chi connectivity index (χ4n) is 3.99. The molecule has 0 saturated carbocycles. The van der Waals surface area contributed by atoms with Crippen molar-refractivity contribution < 1.29 is 14.4 Å². The summed E-state index contributed by atoms with van der Waals surface area (Å²) in [4.78, 5) is 19.0. The number of hydrogen-bond acceptors (Lipinski definition) is 4. The van der Waals surface area contributed by atoms with Gasteiger partial charge < -0.3 is 4.74 Å². The van der Waals surface area contributed by atoms with Crippen LogP contribution in [0.15, 0.2) is 109 Å². The molecule has 33 heavy (non-hydrogen) atoms. The quantitative estimate of drug-likeness (QED) is 0.243. The number of para-hydroxylation sites is 1. The minimum absolute atomic E-state index is 0.149. The Hall–Kier alpha value is -3.60. The maximum absolute atomic E-state index is 12.9. The number of rotatable bonds is 5. The van der Waals surface area contributed by atoms with Crippen LogP contribution >= 0.6 is 11.6 Å². The number of hydroxylamine groups is 1. The Labute approximate surface area is 197 Å². The van der Waals surface area contributed by atoms with Gasteiger partial charge in [-0.25, -0.2) is 9.86 Å². The van der Waals surface area contributed by atoms with Gasteiger partial charge in [-0.05, 0) is 53.1 Å². The van der Waals surface area contributed by atoms with Crippen LogP contribution in [-0.4, -0.2) is 12.1 Å². The average Bonchev–Trinajstić information content (AvgIpc) is 3.31. The highest BCUT2D eigenvalue weighted by Gasteiger charge is 2.40. The van der Waals surface area contributed by atoms with E-state index >= 15 is 0 Å². The first-order valence-electron chi connectivity index (χ1n) is 10.8. The van der Waals surface area contributed by atoms with Gasteiger partial charge >= 0.3 is 5.97 Å². The van der Waals surface area contributed by atoms with Gasteiger partial charge in [-0.3, -0.25) is 4.84 Å². The Kier molecular flexibility index (Phi) is 6.11. The largest absolute Gasteiger partial charge is 0.425 e. The molecule has 0 N–H and O–H groups in total. The molecule has 2 unspecified atom stereocenters. The standard InChI is InChI=1S/C28H22ClNO3/c29-23-15-17-24(18-16-23)30-26(19-27(33-30)28(31)32-25-9-5-2-6-10-25)22-13-11-21(12-14-22)20-7-3-1-4-8-20/h1-18,26-27H,19H2. The molecule has 0 amide bonds. The Morgan fingerprint density at radius 1 is 0.788 bits per heavy atom. The molecule has 0 bridgehead atoms. The van der Waals surface area contributed by atoms with Gasteiger partial charge in [0.2, 0.25) is 0 Å². The molecule has 5 heteroatoms. The predicted octanol–water partition coefficient (Wildman–Crippen LogP) is 6.86. The third kappa shape index (κ3) is 4.77. The van der Waals surface area contributed by atoms with Crippen LogP contribution in [0.2, 0.25) is 5.02 Å². The third-order valence-corrected chi connectivity index (χ3v) is 5.92. The van der Waals surface area contributed by atoms with Crippen LogP contribution in [0.1, 0.15) is 18.0 Å². The molecular formula is C28H22ClNO3. The highest BCUT2D eigenvalue weighted by atomic mass is 35.5. The third-order valence-electron chi connectivity index (χ3n) is 5.67. The van der Waals surface area contributed by atoms with Crippen molar-refractivity contribution in [2.24, 2.45) is 0 Å². The minimum Gasteiger partial charge on any atom is -0.425 e. The van der Waals surface area contributed by atoms with Crippen molar-refractivity contribution in [1.29, 1.82) is 0 Å². The van der Waals surface area contributed by atoms with Gasteiger partial charge in [0.1, 0.15) is 5.75 Å². The zero-order valence-corrected chi connectivity index (χ0v) is 18.6. The number of carbonyl (C=O) groups is 1. The number of halogens is 1. The van der Waals surface area contributed by atoms with Crippen LogP contribution in [0.4, 0.5) is 5.69 Å². The summed E-state index contributed by atoms with van der Waals surface area (Å²) in [6, 6.07) is 34.9. The first-order chi connectivity index (χ1) is 16.2.